The Bertz CT molecular complexity index is 277. The van der Waals surface area contributed by atoms with E-state index in [1.165, 1.54) is 12.8 Å². The second-order valence-electron chi connectivity index (χ2n) is 5.62. The van der Waals surface area contributed by atoms with Crippen LogP contribution < -0.4 is 5.32 Å². The normalized spacial score (nSPS) is 29.4. The third-order valence-corrected chi connectivity index (χ3v) is 4.30. The Hall–Kier alpha value is -0.610. The number of rotatable bonds is 4. The van der Waals surface area contributed by atoms with Crippen molar-refractivity contribution in [1.29, 1.82) is 0 Å². The van der Waals surface area contributed by atoms with Crippen molar-refractivity contribution < 1.29 is 9.53 Å². The number of hydrogen-bond donors (Lipinski definition) is 1. The monoisotopic (exact) mass is 254 g/mol. The van der Waals surface area contributed by atoms with Crippen molar-refractivity contribution in [1.82, 2.24) is 10.2 Å². The van der Waals surface area contributed by atoms with Crippen molar-refractivity contribution in [2.45, 2.75) is 38.7 Å². The molecule has 1 N–H and O–H groups in total. The fourth-order valence-electron chi connectivity index (χ4n) is 3.16. The average Bonchev–Trinajstić information content (AvgIpc) is 2.87. The first-order valence-electron chi connectivity index (χ1n) is 7.29. The fraction of sp³-hybridized carbons (Fsp3) is 0.929. The van der Waals surface area contributed by atoms with Crippen LogP contribution in [0, 0.1) is 11.8 Å². The highest BCUT2D eigenvalue weighted by molar-refractivity contribution is 5.79. The molecule has 2 unspecified atom stereocenters. The van der Waals surface area contributed by atoms with Gasteiger partial charge in [0.1, 0.15) is 0 Å². The number of nitrogens with one attached hydrogen (secondary N) is 1. The number of carbonyl (C=O) groups excluding carboxylic acids is 1. The SMILES string of the molecule is CCC1OCCC1C(=O)N(C)CC1CCNCC1. The summed E-state index contributed by atoms with van der Waals surface area (Å²) in [5.74, 6) is 1.06. The van der Waals surface area contributed by atoms with Crippen molar-refractivity contribution in [3.05, 3.63) is 0 Å². The number of piperidine rings is 1. The summed E-state index contributed by atoms with van der Waals surface area (Å²) in [6.45, 7) is 5.94. The molecular formula is C14H26N2O2. The van der Waals surface area contributed by atoms with Crippen molar-refractivity contribution in [2.24, 2.45) is 11.8 Å². The highest BCUT2D eigenvalue weighted by Crippen LogP contribution is 2.25. The maximum absolute atomic E-state index is 12.4. The van der Waals surface area contributed by atoms with Crippen LogP contribution in [0.15, 0.2) is 0 Å². The molecular weight excluding hydrogens is 228 g/mol. The van der Waals surface area contributed by atoms with Gasteiger partial charge in [-0.2, -0.15) is 0 Å². The quantitative estimate of drug-likeness (QED) is 0.821. The number of ether oxygens (including phenoxy) is 1. The zero-order valence-electron chi connectivity index (χ0n) is 11.7. The molecule has 0 saturated carbocycles. The van der Waals surface area contributed by atoms with E-state index < -0.39 is 0 Å². The van der Waals surface area contributed by atoms with Gasteiger partial charge in [-0.25, -0.2) is 0 Å². The van der Waals surface area contributed by atoms with Gasteiger partial charge in [0, 0.05) is 20.2 Å². The van der Waals surface area contributed by atoms with E-state index in [2.05, 4.69) is 12.2 Å². The van der Waals surface area contributed by atoms with Crippen LogP contribution >= 0.6 is 0 Å². The molecule has 0 spiro atoms. The molecule has 104 valence electrons. The molecule has 2 aliphatic rings. The van der Waals surface area contributed by atoms with Gasteiger partial charge in [-0.1, -0.05) is 6.92 Å². The van der Waals surface area contributed by atoms with Crippen LogP contribution in [0.4, 0.5) is 0 Å². The zero-order valence-corrected chi connectivity index (χ0v) is 11.7. The van der Waals surface area contributed by atoms with Crippen LogP contribution in [0.25, 0.3) is 0 Å². The van der Waals surface area contributed by atoms with E-state index in [1.54, 1.807) is 0 Å². The van der Waals surface area contributed by atoms with Gasteiger partial charge in [-0.05, 0) is 44.7 Å². The molecule has 18 heavy (non-hydrogen) atoms. The summed E-state index contributed by atoms with van der Waals surface area (Å²) in [5, 5.41) is 3.37. The predicted octanol–water partition coefficient (Wildman–Crippen LogP) is 1.26. The topological polar surface area (TPSA) is 41.6 Å². The smallest absolute Gasteiger partial charge is 0.228 e. The van der Waals surface area contributed by atoms with E-state index in [-0.39, 0.29) is 17.9 Å². The zero-order chi connectivity index (χ0) is 13.0. The molecule has 2 fully saturated rings. The molecule has 0 radical (unpaired) electrons. The summed E-state index contributed by atoms with van der Waals surface area (Å²) >= 11 is 0. The van der Waals surface area contributed by atoms with Crippen molar-refractivity contribution >= 4 is 5.91 Å². The molecule has 0 aromatic carbocycles. The van der Waals surface area contributed by atoms with E-state index in [9.17, 15) is 4.79 Å². The van der Waals surface area contributed by atoms with Crippen molar-refractivity contribution in [3.63, 3.8) is 0 Å². The predicted molar refractivity (Wildman–Crippen MR) is 71.4 cm³/mol. The molecule has 2 atom stereocenters. The lowest BCUT2D eigenvalue weighted by molar-refractivity contribution is -0.136. The first-order chi connectivity index (χ1) is 8.72. The van der Waals surface area contributed by atoms with Gasteiger partial charge in [0.15, 0.2) is 0 Å². The van der Waals surface area contributed by atoms with Crippen LogP contribution in [0.5, 0.6) is 0 Å². The Morgan fingerprint density at radius 3 is 2.72 bits per heavy atom. The van der Waals surface area contributed by atoms with Crippen LogP contribution in [-0.2, 0) is 9.53 Å². The molecule has 2 saturated heterocycles. The molecule has 0 bridgehead atoms. The highest BCUT2D eigenvalue weighted by atomic mass is 16.5. The maximum Gasteiger partial charge on any atom is 0.228 e. The lowest BCUT2D eigenvalue weighted by Crippen LogP contribution is -2.41. The molecule has 0 aromatic heterocycles. The van der Waals surface area contributed by atoms with E-state index in [4.69, 9.17) is 4.74 Å². The van der Waals surface area contributed by atoms with E-state index in [1.807, 2.05) is 11.9 Å². The minimum absolute atomic E-state index is 0.0988. The Morgan fingerprint density at radius 1 is 1.33 bits per heavy atom. The maximum atomic E-state index is 12.4. The average molecular weight is 254 g/mol. The van der Waals surface area contributed by atoms with Gasteiger partial charge in [0.25, 0.3) is 0 Å². The highest BCUT2D eigenvalue weighted by Gasteiger charge is 2.34. The Labute approximate surface area is 110 Å². The summed E-state index contributed by atoms with van der Waals surface area (Å²) in [5.41, 5.74) is 0. The van der Waals surface area contributed by atoms with Gasteiger partial charge >= 0.3 is 0 Å². The molecule has 2 heterocycles. The van der Waals surface area contributed by atoms with E-state index >= 15 is 0 Å². The molecule has 0 aromatic rings. The number of amides is 1. The minimum Gasteiger partial charge on any atom is -0.377 e. The largest absolute Gasteiger partial charge is 0.377 e. The van der Waals surface area contributed by atoms with Gasteiger partial charge < -0.3 is 15.0 Å². The molecule has 0 aliphatic carbocycles. The fourth-order valence-corrected chi connectivity index (χ4v) is 3.16. The number of nitrogens with zero attached hydrogens (tertiary/aromatic N) is 1. The van der Waals surface area contributed by atoms with E-state index in [0.29, 0.717) is 5.92 Å². The van der Waals surface area contributed by atoms with Gasteiger partial charge in [0.2, 0.25) is 5.91 Å². The first-order valence-corrected chi connectivity index (χ1v) is 7.29. The summed E-state index contributed by atoms with van der Waals surface area (Å²) < 4.78 is 5.62. The van der Waals surface area contributed by atoms with Crippen molar-refractivity contribution in [3.8, 4) is 0 Å². The lowest BCUT2D eigenvalue weighted by atomic mass is 9.95. The van der Waals surface area contributed by atoms with Crippen LogP contribution in [0.1, 0.15) is 32.6 Å². The second kappa shape index (κ2) is 6.53. The second-order valence-corrected chi connectivity index (χ2v) is 5.62. The minimum atomic E-state index is 0.0988. The summed E-state index contributed by atoms with van der Waals surface area (Å²) in [6, 6.07) is 0. The van der Waals surface area contributed by atoms with Gasteiger partial charge in [0.05, 0.1) is 12.0 Å². The van der Waals surface area contributed by atoms with Crippen LogP contribution in [0.2, 0.25) is 0 Å². The Balaban J connectivity index is 1.83. The molecule has 2 rings (SSSR count). The third kappa shape index (κ3) is 3.23. The number of hydrogen-bond acceptors (Lipinski definition) is 3. The summed E-state index contributed by atoms with van der Waals surface area (Å²) in [7, 11) is 1.95. The molecule has 1 amide bonds. The third-order valence-electron chi connectivity index (χ3n) is 4.30. The van der Waals surface area contributed by atoms with Crippen LogP contribution in [0.3, 0.4) is 0 Å². The Kier molecular flexibility index (Phi) is 5.01. The van der Waals surface area contributed by atoms with Crippen LogP contribution in [-0.4, -0.2) is 50.2 Å². The number of carbonyl (C=O) groups is 1. The van der Waals surface area contributed by atoms with Gasteiger partial charge in [-0.15, -0.1) is 0 Å². The summed E-state index contributed by atoms with van der Waals surface area (Å²) in [4.78, 5) is 14.4. The summed E-state index contributed by atoms with van der Waals surface area (Å²) in [6.07, 6.45) is 4.37. The van der Waals surface area contributed by atoms with Crippen molar-refractivity contribution in [2.75, 3.05) is 33.3 Å². The molecule has 4 heteroatoms. The standard InChI is InChI=1S/C14H26N2O2/c1-3-13-12(6-9-18-13)14(17)16(2)10-11-4-7-15-8-5-11/h11-13,15H,3-10H2,1-2H3. The Morgan fingerprint density at radius 2 is 2.06 bits per heavy atom. The van der Waals surface area contributed by atoms with E-state index in [0.717, 1.165) is 39.1 Å². The first kappa shape index (κ1) is 13.8. The lowest BCUT2D eigenvalue weighted by Gasteiger charge is -2.30. The molecule has 2 aliphatic heterocycles. The molecule has 4 nitrogen and oxygen atoms in total. The van der Waals surface area contributed by atoms with Gasteiger partial charge in [-0.3, -0.25) is 4.79 Å².